The van der Waals surface area contributed by atoms with Crippen LogP contribution in [-0.4, -0.2) is 35.4 Å². The first kappa shape index (κ1) is 14.1. The van der Waals surface area contributed by atoms with Gasteiger partial charge in [0.25, 0.3) is 0 Å². The van der Waals surface area contributed by atoms with Gasteiger partial charge in [-0.05, 0) is 26.0 Å². The molecule has 100 valence electrons. The summed E-state index contributed by atoms with van der Waals surface area (Å²) in [6.07, 6.45) is 0.438. The van der Waals surface area contributed by atoms with Gasteiger partial charge in [-0.2, -0.15) is 0 Å². The molecule has 0 bridgehead atoms. The Morgan fingerprint density at radius 2 is 2.00 bits per heavy atom. The summed E-state index contributed by atoms with van der Waals surface area (Å²) in [5.74, 6) is 1.07. The molecule has 0 aromatic carbocycles. The highest BCUT2D eigenvalue weighted by atomic mass is 16.2. The van der Waals surface area contributed by atoms with Crippen LogP contribution in [-0.2, 0) is 4.79 Å². The minimum atomic E-state index is 0.135. The second kappa shape index (κ2) is 6.68. The largest absolute Gasteiger partial charge is 0.396 e. The molecule has 1 aromatic rings. The zero-order valence-electron chi connectivity index (χ0n) is 10.9. The van der Waals surface area contributed by atoms with Gasteiger partial charge in [-0.15, -0.1) is 0 Å². The molecule has 1 rings (SSSR count). The third kappa shape index (κ3) is 3.80. The Balaban J connectivity index is 2.41. The number of nitrogens with two attached hydrogens (primary N) is 2. The van der Waals surface area contributed by atoms with E-state index in [2.05, 4.69) is 10.3 Å². The Kier molecular flexibility index (Phi) is 5.23. The summed E-state index contributed by atoms with van der Waals surface area (Å²) in [5.41, 5.74) is 11.6. The van der Waals surface area contributed by atoms with Crippen molar-refractivity contribution in [2.45, 2.75) is 20.3 Å². The fraction of sp³-hybridized carbons (Fsp3) is 0.500. The van der Waals surface area contributed by atoms with E-state index < -0.39 is 0 Å². The molecule has 0 aliphatic carbocycles. The Labute approximate surface area is 107 Å². The van der Waals surface area contributed by atoms with Crippen LogP contribution in [0, 0.1) is 0 Å². The van der Waals surface area contributed by atoms with Crippen LogP contribution >= 0.6 is 0 Å². The van der Waals surface area contributed by atoms with Gasteiger partial charge in [-0.25, -0.2) is 4.98 Å². The van der Waals surface area contributed by atoms with Crippen molar-refractivity contribution >= 4 is 23.2 Å². The lowest BCUT2D eigenvalue weighted by atomic mass is 10.3. The molecule has 0 unspecified atom stereocenters. The summed E-state index contributed by atoms with van der Waals surface area (Å²) >= 11 is 0. The van der Waals surface area contributed by atoms with E-state index in [1.54, 1.807) is 17.0 Å². The van der Waals surface area contributed by atoms with Gasteiger partial charge >= 0.3 is 0 Å². The quantitative estimate of drug-likeness (QED) is 0.698. The topological polar surface area (TPSA) is 97.3 Å². The fourth-order valence-electron chi connectivity index (χ4n) is 1.62. The molecule has 5 N–H and O–H groups in total. The smallest absolute Gasteiger partial charge is 0.224 e. The monoisotopic (exact) mass is 251 g/mol. The Morgan fingerprint density at radius 3 is 2.56 bits per heavy atom. The van der Waals surface area contributed by atoms with Gasteiger partial charge in [-0.3, -0.25) is 4.79 Å². The lowest BCUT2D eigenvalue weighted by molar-refractivity contribution is -0.130. The first-order valence-corrected chi connectivity index (χ1v) is 6.12. The Bertz CT molecular complexity index is 403. The molecule has 0 saturated heterocycles. The van der Waals surface area contributed by atoms with Gasteiger partial charge in [0.05, 0.1) is 5.69 Å². The van der Waals surface area contributed by atoms with Gasteiger partial charge < -0.3 is 21.7 Å². The van der Waals surface area contributed by atoms with Gasteiger partial charge in [0.1, 0.15) is 11.6 Å². The highest BCUT2D eigenvalue weighted by Gasteiger charge is 2.08. The predicted molar refractivity (Wildman–Crippen MR) is 74.1 cm³/mol. The molecule has 6 heteroatoms. The van der Waals surface area contributed by atoms with Crippen LogP contribution in [0.15, 0.2) is 12.1 Å². The number of anilines is 3. The third-order valence-electron chi connectivity index (χ3n) is 2.72. The standard InChI is InChI=1S/C12H21N5O/c1-3-17(4-2)11(18)7-8-15-10-6-5-9(13)12(14)16-10/h5-6H,3-4,7-8,13H2,1-2H3,(H3,14,15,16). The van der Waals surface area contributed by atoms with E-state index in [1.165, 1.54) is 0 Å². The summed E-state index contributed by atoms with van der Waals surface area (Å²) < 4.78 is 0. The van der Waals surface area contributed by atoms with Crippen LogP contribution < -0.4 is 16.8 Å². The number of aromatic nitrogens is 1. The maximum atomic E-state index is 11.7. The highest BCUT2D eigenvalue weighted by Crippen LogP contribution is 2.14. The number of nitrogen functional groups attached to an aromatic ring is 2. The SMILES string of the molecule is CCN(CC)C(=O)CCNc1ccc(N)c(N)n1. The Morgan fingerprint density at radius 1 is 1.33 bits per heavy atom. The molecular weight excluding hydrogens is 230 g/mol. The molecule has 1 aromatic heterocycles. The summed E-state index contributed by atoms with van der Waals surface area (Å²) in [4.78, 5) is 17.6. The van der Waals surface area contributed by atoms with Crippen LogP contribution in [0.25, 0.3) is 0 Å². The van der Waals surface area contributed by atoms with E-state index in [9.17, 15) is 4.79 Å². The van der Waals surface area contributed by atoms with Crippen LogP contribution in [0.2, 0.25) is 0 Å². The Hall–Kier alpha value is -1.98. The number of amides is 1. The number of pyridine rings is 1. The number of nitrogens with one attached hydrogen (secondary N) is 1. The summed E-state index contributed by atoms with van der Waals surface area (Å²) in [5, 5.41) is 3.05. The lowest BCUT2D eigenvalue weighted by Crippen LogP contribution is -2.31. The number of nitrogens with zero attached hydrogens (tertiary/aromatic N) is 2. The van der Waals surface area contributed by atoms with E-state index in [-0.39, 0.29) is 5.91 Å². The molecule has 0 atom stereocenters. The average Bonchev–Trinajstić information content (AvgIpc) is 2.35. The molecule has 6 nitrogen and oxygen atoms in total. The van der Waals surface area contributed by atoms with Gasteiger partial charge in [0, 0.05) is 26.1 Å². The van der Waals surface area contributed by atoms with Crippen LogP contribution in [0.1, 0.15) is 20.3 Å². The van der Waals surface area contributed by atoms with Crippen LogP contribution in [0.3, 0.4) is 0 Å². The van der Waals surface area contributed by atoms with Crippen molar-refractivity contribution in [3.63, 3.8) is 0 Å². The zero-order valence-corrected chi connectivity index (χ0v) is 10.9. The van der Waals surface area contributed by atoms with Gasteiger partial charge in [-0.1, -0.05) is 0 Å². The number of hydrogen-bond acceptors (Lipinski definition) is 5. The highest BCUT2D eigenvalue weighted by molar-refractivity contribution is 5.76. The molecule has 0 radical (unpaired) electrons. The minimum Gasteiger partial charge on any atom is -0.396 e. The van der Waals surface area contributed by atoms with Crippen molar-refractivity contribution in [3.8, 4) is 0 Å². The minimum absolute atomic E-state index is 0.135. The summed E-state index contributed by atoms with van der Waals surface area (Å²) in [6, 6.07) is 3.43. The summed E-state index contributed by atoms with van der Waals surface area (Å²) in [7, 11) is 0. The number of rotatable bonds is 6. The molecule has 1 amide bonds. The van der Waals surface area contributed by atoms with Crippen LogP contribution in [0.4, 0.5) is 17.3 Å². The van der Waals surface area contributed by atoms with Crippen molar-refractivity contribution in [1.82, 2.24) is 9.88 Å². The normalized spacial score (nSPS) is 10.1. The molecule has 0 aliphatic rings. The summed E-state index contributed by atoms with van der Waals surface area (Å²) in [6.45, 7) is 5.95. The first-order chi connectivity index (χ1) is 8.58. The predicted octanol–water partition coefficient (Wildman–Crippen LogP) is 0.916. The number of hydrogen-bond donors (Lipinski definition) is 3. The number of carbonyl (C=O) groups excluding carboxylic acids is 1. The van der Waals surface area contributed by atoms with Crippen molar-refractivity contribution in [2.24, 2.45) is 0 Å². The van der Waals surface area contributed by atoms with Crippen molar-refractivity contribution in [2.75, 3.05) is 36.4 Å². The van der Waals surface area contributed by atoms with E-state index in [4.69, 9.17) is 11.5 Å². The van der Waals surface area contributed by atoms with E-state index in [1.807, 2.05) is 13.8 Å². The lowest BCUT2D eigenvalue weighted by Gasteiger charge is -2.18. The maximum Gasteiger partial charge on any atom is 0.224 e. The second-order valence-corrected chi connectivity index (χ2v) is 3.91. The van der Waals surface area contributed by atoms with Crippen LogP contribution in [0.5, 0.6) is 0 Å². The second-order valence-electron chi connectivity index (χ2n) is 3.91. The van der Waals surface area contributed by atoms with E-state index in [0.29, 0.717) is 30.3 Å². The molecule has 0 fully saturated rings. The fourth-order valence-corrected chi connectivity index (χ4v) is 1.62. The van der Waals surface area contributed by atoms with Crippen molar-refractivity contribution in [1.29, 1.82) is 0 Å². The van der Waals surface area contributed by atoms with Gasteiger partial charge in [0.2, 0.25) is 5.91 Å². The zero-order chi connectivity index (χ0) is 13.5. The average molecular weight is 251 g/mol. The third-order valence-corrected chi connectivity index (χ3v) is 2.72. The van der Waals surface area contributed by atoms with Crippen molar-refractivity contribution < 1.29 is 4.79 Å². The van der Waals surface area contributed by atoms with Gasteiger partial charge in [0.15, 0.2) is 0 Å². The molecule has 1 heterocycles. The molecular formula is C12H21N5O. The first-order valence-electron chi connectivity index (χ1n) is 6.12. The van der Waals surface area contributed by atoms with Crippen molar-refractivity contribution in [3.05, 3.63) is 12.1 Å². The molecule has 18 heavy (non-hydrogen) atoms. The molecule has 0 spiro atoms. The van der Waals surface area contributed by atoms with E-state index in [0.717, 1.165) is 13.1 Å². The number of carbonyl (C=O) groups is 1. The molecule has 0 aliphatic heterocycles. The van der Waals surface area contributed by atoms with E-state index >= 15 is 0 Å². The molecule has 0 saturated carbocycles. The maximum absolute atomic E-state index is 11.7.